The van der Waals surface area contributed by atoms with Gasteiger partial charge in [0.15, 0.2) is 0 Å². The molecule has 1 aliphatic heterocycles. The lowest BCUT2D eigenvalue weighted by Gasteiger charge is -2.36. The van der Waals surface area contributed by atoms with Crippen LogP contribution in [0.15, 0.2) is 109 Å². The summed E-state index contributed by atoms with van der Waals surface area (Å²) in [7, 11) is 0. The van der Waals surface area contributed by atoms with Crippen molar-refractivity contribution in [1.29, 1.82) is 0 Å². The van der Waals surface area contributed by atoms with E-state index in [0.717, 1.165) is 91.1 Å². The molecule has 2 heterocycles. The Balaban J connectivity index is 1.03. The van der Waals surface area contributed by atoms with Crippen molar-refractivity contribution >= 4 is 22.6 Å². The van der Waals surface area contributed by atoms with Crippen LogP contribution in [0.3, 0.4) is 0 Å². The third kappa shape index (κ3) is 5.35. The Kier molecular flexibility index (Phi) is 7.84. The Bertz CT molecular complexity index is 1730. The van der Waals surface area contributed by atoms with E-state index < -0.39 is 5.41 Å². The number of para-hydroxylation sites is 1. The third-order valence-electron chi connectivity index (χ3n) is 9.37. The van der Waals surface area contributed by atoms with Crippen molar-refractivity contribution in [1.82, 2.24) is 15.2 Å². The van der Waals surface area contributed by atoms with Crippen molar-refractivity contribution in [3.05, 3.63) is 132 Å². The molecule has 222 valence electrons. The first kappa shape index (κ1) is 28.2. The van der Waals surface area contributed by atoms with E-state index in [9.17, 15) is 9.18 Å². The molecule has 0 unspecified atom stereocenters. The van der Waals surface area contributed by atoms with Gasteiger partial charge in [-0.05, 0) is 77.5 Å². The van der Waals surface area contributed by atoms with Gasteiger partial charge in [0.05, 0.1) is 5.52 Å². The van der Waals surface area contributed by atoms with Gasteiger partial charge in [-0.25, -0.2) is 9.37 Å². The number of amides is 1. The molecule has 5 nitrogen and oxygen atoms in total. The Morgan fingerprint density at radius 2 is 1.41 bits per heavy atom. The number of carbonyl (C=O) groups is 1. The molecule has 0 atom stereocenters. The van der Waals surface area contributed by atoms with Gasteiger partial charge in [-0.2, -0.15) is 0 Å². The number of rotatable bonds is 9. The second-order valence-corrected chi connectivity index (χ2v) is 12.0. The van der Waals surface area contributed by atoms with Crippen LogP contribution >= 0.6 is 0 Å². The molecule has 2 aliphatic rings. The number of anilines is 1. The van der Waals surface area contributed by atoms with Gasteiger partial charge in [-0.15, -0.1) is 0 Å². The van der Waals surface area contributed by atoms with E-state index >= 15 is 0 Å². The Morgan fingerprint density at radius 3 is 2.14 bits per heavy atom. The van der Waals surface area contributed by atoms with Gasteiger partial charge in [-0.1, -0.05) is 85.3 Å². The van der Waals surface area contributed by atoms with E-state index in [0.29, 0.717) is 6.54 Å². The monoisotopic (exact) mass is 584 g/mol. The van der Waals surface area contributed by atoms with Crippen LogP contribution < -0.4 is 10.2 Å². The maximum absolute atomic E-state index is 14.3. The number of aromatic nitrogens is 1. The molecule has 0 saturated carbocycles. The lowest BCUT2D eigenvalue weighted by molar-refractivity contribution is -0.125. The summed E-state index contributed by atoms with van der Waals surface area (Å²) in [6, 6.07) is 35.6. The van der Waals surface area contributed by atoms with Gasteiger partial charge < -0.3 is 10.2 Å². The number of benzene rings is 4. The average molecular weight is 585 g/mol. The van der Waals surface area contributed by atoms with Crippen LogP contribution in [0, 0.1) is 5.82 Å². The van der Waals surface area contributed by atoms with Crippen molar-refractivity contribution in [3.8, 4) is 11.1 Å². The van der Waals surface area contributed by atoms with E-state index in [1.165, 1.54) is 17.5 Å². The fourth-order valence-corrected chi connectivity index (χ4v) is 7.05. The second-order valence-electron chi connectivity index (χ2n) is 12.0. The molecule has 44 heavy (non-hydrogen) atoms. The summed E-state index contributed by atoms with van der Waals surface area (Å²) in [5.74, 6) is 0.785. The highest BCUT2D eigenvalue weighted by Gasteiger charge is 2.48. The zero-order valence-corrected chi connectivity index (χ0v) is 24.9. The predicted octanol–water partition coefficient (Wildman–Crippen LogP) is 6.95. The van der Waals surface area contributed by atoms with Crippen LogP contribution in [-0.4, -0.2) is 48.5 Å². The Morgan fingerprint density at radius 1 is 0.750 bits per heavy atom. The van der Waals surface area contributed by atoms with Gasteiger partial charge in [0, 0.05) is 38.1 Å². The minimum Gasteiger partial charge on any atom is -0.354 e. The molecular weight excluding hydrogens is 547 g/mol. The van der Waals surface area contributed by atoms with Crippen LogP contribution in [0.4, 0.5) is 10.2 Å². The number of hydrogen-bond donors (Lipinski definition) is 1. The van der Waals surface area contributed by atoms with Crippen molar-refractivity contribution in [3.63, 3.8) is 0 Å². The van der Waals surface area contributed by atoms with Crippen molar-refractivity contribution in [2.75, 3.05) is 37.6 Å². The molecule has 1 aliphatic carbocycles. The van der Waals surface area contributed by atoms with E-state index in [1.807, 2.05) is 18.2 Å². The van der Waals surface area contributed by atoms with Crippen LogP contribution in [0.2, 0.25) is 0 Å². The standard InChI is InChI=1S/C38H37FN4O/c39-30-18-15-28(16-19-30)27-40-37(44)38(33-12-4-2-10-31(33)32-11-3-5-13-34(32)38)21-7-8-22-42-23-25-43(26-24-42)36-20-17-29-9-1-6-14-35(29)41-36/h1-6,9-20H,7-8,21-27H2,(H,40,44). The smallest absolute Gasteiger partial charge is 0.235 e. The van der Waals surface area contributed by atoms with Gasteiger partial charge >= 0.3 is 0 Å². The predicted molar refractivity (Wildman–Crippen MR) is 175 cm³/mol. The van der Waals surface area contributed by atoms with Gasteiger partial charge in [0.25, 0.3) is 0 Å². The van der Waals surface area contributed by atoms with Crippen LogP contribution in [-0.2, 0) is 16.8 Å². The highest BCUT2D eigenvalue weighted by atomic mass is 19.1. The average Bonchev–Trinajstić information content (AvgIpc) is 3.37. The zero-order valence-electron chi connectivity index (χ0n) is 24.9. The largest absolute Gasteiger partial charge is 0.354 e. The maximum atomic E-state index is 14.3. The molecule has 7 rings (SSSR count). The fourth-order valence-electron chi connectivity index (χ4n) is 7.05. The first-order valence-electron chi connectivity index (χ1n) is 15.7. The number of halogens is 1. The van der Waals surface area contributed by atoms with Crippen molar-refractivity contribution in [2.45, 2.75) is 31.2 Å². The van der Waals surface area contributed by atoms with Gasteiger partial charge in [-0.3, -0.25) is 9.69 Å². The summed E-state index contributed by atoms with van der Waals surface area (Å²) in [6.07, 6.45) is 2.68. The number of nitrogens with zero attached hydrogens (tertiary/aromatic N) is 3. The minimum absolute atomic E-state index is 0.00993. The molecule has 5 aromatic rings. The number of unbranched alkanes of at least 4 members (excludes halogenated alkanes) is 1. The van der Waals surface area contributed by atoms with Crippen LogP contribution in [0.5, 0.6) is 0 Å². The van der Waals surface area contributed by atoms with Crippen LogP contribution in [0.25, 0.3) is 22.0 Å². The van der Waals surface area contributed by atoms with Crippen LogP contribution in [0.1, 0.15) is 36.0 Å². The molecule has 1 fully saturated rings. The molecule has 0 bridgehead atoms. The minimum atomic E-state index is -0.756. The van der Waals surface area contributed by atoms with Crippen molar-refractivity contribution < 1.29 is 9.18 Å². The second kappa shape index (κ2) is 12.2. The lowest BCUT2D eigenvalue weighted by atomic mass is 9.73. The Hall–Kier alpha value is -4.55. The molecule has 1 amide bonds. The first-order chi connectivity index (χ1) is 21.6. The van der Waals surface area contributed by atoms with E-state index in [4.69, 9.17) is 4.98 Å². The molecular formula is C38H37FN4O. The third-order valence-corrected chi connectivity index (χ3v) is 9.37. The van der Waals surface area contributed by atoms with Crippen molar-refractivity contribution in [2.24, 2.45) is 0 Å². The lowest BCUT2D eigenvalue weighted by Crippen LogP contribution is -2.47. The topological polar surface area (TPSA) is 48.5 Å². The SMILES string of the molecule is O=C(NCc1ccc(F)cc1)C1(CCCCN2CCN(c3ccc4ccccc4n3)CC2)c2ccccc2-c2ccccc21. The molecule has 0 radical (unpaired) electrons. The summed E-state index contributed by atoms with van der Waals surface area (Å²) in [4.78, 5) is 24.1. The molecule has 1 N–H and O–H groups in total. The van der Waals surface area contributed by atoms with Gasteiger partial charge in [0.1, 0.15) is 17.1 Å². The van der Waals surface area contributed by atoms with Gasteiger partial charge in [0.2, 0.25) is 5.91 Å². The number of nitrogens with one attached hydrogen (secondary N) is 1. The summed E-state index contributed by atoms with van der Waals surface area (Å²) >= 11 is 0. The highest BCUT2D eigenvalue weighted by Crippen LogP contribution is 2.51. The number of hydrogen-bond acceptors (Lipinski definition) is 4. The first-order valence-corrected chi connectivity index (χ1v) is 15.7. The summed E-state index contributed by atoms with van der Waals surface area (Å²) in [5, 5.41) is 4.39. The number of piperazine rings is 1. The summed E-state index contributed by atoms with van der Waals surface area (Å²) < 4.78 is 13.5. The highest BCUT2D eigenvalue weighted by molar-refractivity contribution is 6.00. The number of carbonyl (C=O) groups excluding carboxylic acids is 1. The molecule has 0 spiro atoms. The van der Waals surface area contributed by atoms with E-state index in [1.54, 1.807) is 12.1 Å². The number of fused-ring (bicyclic) bond motifs is 4. The Labute approximate surface area is 258 Å². The molecule has 1 aromatic heterocycles. The van der Waals surface area contributed by atoms with E-state index in [-0.39, 0.29) is 11.7 Å². The maximum Gasteiger partial charge on any atom is 0.235 e. The van der Waals surface area contributed by atoms with E-state index in [2.05, 4.69) is 81.8 Å². The molecule has 6 heteroatoms. The molecule has 1 saturated heterocycles. The normalized spacial score (nSPS) is 15.6. The molecule has 4 aromatic carbocycles. The fraction of sp³-hybridized carbons (Fsp3) is 0.263. The quantitative estimate of drug-likeness (QED) is 0.191. The summed E-state index contributed by atoms with van der Waals surface area (Å²) in [6.45, 7) is 5.30. The number of pyridine rings is 1. The summed E-state index contributed by atoms with van der Waals surface area (Å²) in [5.41, 5.74) is 5.60. The zero-order chi connectivity index (χ0) is 29.9.